The number of aliphatic hydroxyl groups excluding tert-OH is 1. The number of nitrogens with one attached hydrogen (secondary N) is 1. The van der Waals surface area contributed by atoms with Gasteiger partial charge in [0.15, 0.2) is 0 Å². The fourth-order valence-corrected chi connectivity index (χ4v) is 3.08. The SMILES string of the molecule is CC(C)NC[C@H](O)CO/N=C1\CCCC[C@@H]1Cc1ccc(Cl)cc1. The average Bonchev–Trinajstić information content (AvgIpc) is 2.56. The number of rotatable bonds is 8. The monoisotopic (exact) mass is 352 g/mol. The molecule has 1 aliphatic carbocycles. The van der Waals surface area contributed by atoms with Gasteiger partial charge in [0.05, 0.1) is 5.71 Å². The first-order valence-electron chi connectivity index (χ1n) is 8.89. The highest BCUT2D eigenvalue weighted by Crippen LogP contribution is 2.26. The van der Waals surface area contributed by atoms with Crippen LogP contribution in [0.15, 0.2) is 29.4 Å². The van der Waals surface area contributed by atoms with Crippen LogP contribution in [-0.4, -0.2) is 36.1 Å². The quantitative estimate of drug-likeness (QED) is 0.699. The van der Waals surface area contributed by atoms with Crippen LogP contribution >= 0.6 is 11.6 Å². The Balaban J connectivity index is 1.85. The third-order valence-electron chi connectivity index (χ3n) is 4.31. The molecule has 2 atom stereocenters. The Morgan fingerprint density at radius 3 is 2.75 bits per heavy atom. The summed E-state index contributed by atoms with van der Waals surface area (Å²) >= 11 is 5.95. The van der Waals surface area contributed by atoms with Crippen LogP contribution in [-0.2, 0) is 11.3 Å². The molecule has 1 aromatic rings. The molecule has 0 spiro atoms. The summed E-state index contributed by atoms with van der Waals surface area (Å²) in [6.07, 6.45) is 4.96. The molecule has 0 aromatic heterocycles. The van der Waals surface area contributed by atoms with Gasteiger partial charge < -0.3 is 15.3 Å². The van der Waals surface area contributed by atoms with Crippen molar-refractivity contribution in [1.29, 1.82) is 0 Å². The van der Waals surface area contributed by atoms with Crippen LogP contribution in [0.3, 0.4) is 0 Å². The number of hydrogen-bond acceptors (Lipinski definition) is 4. The van der Waals surface area contributed by atoms with Crippen LogP contribution in [0.5, 0.6) is 0 Å². The van der Waals surface area contributed by atoms with Gasteiger partial charge in [-0.15, -0.1) is 0 Å². The molecule has 0 amide bonds. The molecule has 1 saturated carbocycles. The lowest BCUT2D eigenvalue weighted by atomic mass is 9.83. The van der Waals surface area contributed by atoms with Crippen molar-refractivity contribution in [1.82, 2.24) is 5.32 Å². The van der Waals surface area contributed by atoms with Gasteiger partial charge in [0, 0.05) is 23.5 Å². The molecule has 24 heavy (non-hydrogen) atoms. The van der Waals surface area contributed by atoms with E-state index in [0.29, 0.717) is 18.5 Å². The summed E-state index contributed by atoms with van der Waals surface area (Å²) < 4.78 is 0. The minimum absolute atomic E-state index is 0.233. The third kappa shape index (κ3) is 6.80. The Morgan fingerprint density at radius 2 is 2.04 bits per heavy atom. The van der Waals surface area contributed by atoms with Crippen LogP contribution in [0.1, 0.15) is 45.1 Å². The molecule has 5 heteroatoms. The highest BCUT2D eigenvalue weighted by atomic mass is 35.5. The highest BCUT2D eigenvalue weighted by Gasteiger charge is 2.21. The van der Waals surface area contributed by atoms with E-state index in [-0.39, 0.29) is 6.61 Å². The molecule has 0 radical (unpaired) electrons. The van der Waals surface area contributed by atoms with E-state index in [0.717, 1.165) is 36.4 Å². The Hall–Kier alpha value is -1.10. The van der Waals surface area contributed by atoms with Crippen molar-refractivity contribution in [2.75, 3.05) is 13.2 Å². The number of nitrogens with zero attached hydrogens (tertiary/aromatic N) is 1. The largest absolute Gasteiger partial charge is 0.393 e. The zero-order chi connectivity index (χ0) is 17.4. The van der Waals surface area contributed by atoms with Crippen molar-refractivity contribution >= 4 is 17.3 Å². The molecule has 0 heterocycles. The molecule has 1 aliphatic rings. The molecule has 1 fully saturated rings. The lowest BCUT2D eigenvalue weighted by Crippen LogP contribution is -2.34. The Morgan fingerprint density at radius 1 is 1.29 bits per heavy atom. The first kappa shape index (κ1) is 19.2. The van der Waals surface area contributed by atoms with E-state index in [1.54, 1.807) is 0 Å². The molecular weight excluding hydrogens is 324 g/mol. The first-order valence-corrected chi connectivity index (χ1v) is 9.27. The molecule has 0 aliphatic heterocycles. The number of benzene rings is 1. The smallest absolute Gasteiger partial charge is 0.144 e. The molecule has 0 saturated heterocycles. The molecular formula is C19H29ClN2O2. The number of hydrogen-bond donors (Lipinski definition) is 2. The van der Waals surface area contributed by atoms with Gasteiger partial charge in [0.2, 0.25) is 0 Å². The summed E-state index contributed by atoms with van der Waals surface area (Å²) in [7, 11) is 0. The highest BCUT2D eigenvalue weighted by molar-refractivity contribution is 6.30. The van der Waals surface area contributed by atoms with Gasteiger partial charge in [0.1, 0.15) is 12.7 Å². The second kappa shape index (κ2) is 10.0. The van der Waals surface area contributed by atoms with Crippen molar-refractivity contribution in [3.05, 3.63) is 34.9 Å². The van der Waals surface area contributed by atoms with Crippen LogP contribution < -0.4 is 5.32 Å². The zero-order valence-electron chi connectivity index (χ0n) is 14.7. The van der Waals surface area contributed by atoms with Gasteiger partial charge in [-0.2, -0.15) is 0 Å². The predicted octanol–water partition coefficient (Wildman–Crippen LogP) is 3.80. The van der Waals surface area contributed by atoms with Crippen LogP contribution in [0.4, 0.5) is 0 Å². The van der Waals surface area contributed by atoms with E-state index in [1.807, 2.05) is 12.1 Å². The van der Waals surface area contributed by atoms with Gasteiger partial charge in [-0.25, -0.2) is 0 Å². The average molecular weight is 353 g/mol. The van der Waals surface area contributed by atoms with E-state index < -0.39 is 6.10 Å². The van der Waals surface area contributed by atoms with Crippen LogP contribution in [0, 0.1) is 5.92 Å². The van der Waals surface area contributed by atoms with E-state index in [2.05, 4.69) is 36.5 Å². The molecule has 134 valence electrons. The minimum Gasteiger partial charge on any atom is -0.393 e. The molecule has 0 bridgehead atoms. The molecule has 2 rings (SSSR count). The number of aliphatic hydroxyl groups is 1. The topological polar surface area (TPSA) is 53.8 Å². The maximum absolute atomic E-state index is 9.89. The van der Waals surface area contributed by atoms with Crippen LogP contribution in [0.25, 0.3) is 0 Å². The van der Waals surface area contributed by atoms with Crippen molar-refractivity contribution < 1.29 is 9.94 Å². The van der Waals surface area contributed by atoms with Crippen molar-refractivity contribution in [3.8, 4) is 0 Å². The van der Waals surface area contributed by atoms with Crippen molar-refractivity contribution in [2.45, 2.75) is 58.1 Å². The summed E-state index contributed by atoms with van der Waals surface area (Å²) in [5.74, 6) is 0.422. The maximum atomic E-state index is 9.89. The van der Waals surface area contributed by atoms with Gasteiger partial charge in [0.25, 0.3) is 0 Å². The van der Waals surface area contributed by atoms with Crippen molar-refractivity contribution in [2.24, 2.45) is 11.1 Å². The minimum atomic E-state index is -0.532. The van der Waals surface area contributed by atoms with E-state index in [1.165, 1.54) is 12.0 Å². The maximum Gasteiger partial charge on any atom is 0.144 e. The fraction of sp³-hybridized carbons (Fsp3) is 0.632. The van der Waals surface area contributed by atoms with Crippen molar-refractivity contribution in [3.63, 3.8) is 0 Å². The predicted molar refractivity (Wildman–Crippen MR) is 99.6 cm³/mol. The lowest BCUT2D eigenvalue weighted by molar-refractivity contribution is 0.0382. The summed E-state index contributed by atoms with van der Waals surface area (Å²) in [4.78, 5) is 5.43. The Labute approximate surface area is 150 Å². The second-order valence-corrected chi connectivity index (χ2v) is 7.30. The Bertz CT molecular complexity index is 517. The summed E-state index contributed by atoms with van der Waals surface area (Å²) in [5.41, 5.74) is 2.40. The second-order valence-electron chi connectivity index (χ2n) is 6.87. The summed E-state index contributed by atoms with van der Waals surface area (Å²) in [6.45, 7) is 4.86. The Kier molecular flexibility index (Phi) is 8.03. The molecule has 1 aromatic carbocycles. The first-order chi connectivity index (χ1) is 11.5. The molecule has 2 N–H and O–H groups in total. The standard InChI is InChI=1S/C19H29ClN2O2/c1-14(2)21-12-18(23)13-24-22-19-6-4-3-5-16(19)11-15-7-9-17(20)10-8-15/h7-10,14,16,18,21,23H,3-6,11-13H2,1-2H3/b22-19+/t16-,18+/m1/s1. The molecule has 0 unspecified atom stereocenters. The van der Waals surface area contributed by atoms with Gasteiger partial charge in [-0.3, -0.25) is 0 Å². The van der Waals surface area contributed by atoms with Gasteiger partial charge in [-0.05, 0) is 43.4 Å². The van der Waals surface area contributed by atoms with Gasteiger partial charge in [-0.1, -0.05) is 49.2 Å². The summed E-state index contributed by atoms with van der Waals surface area (Å²) in [5, 5.41) is 18.2. The van der Waals surface area contributed by atoms with Gasteiger partial charge >= 0.3 is 0 Å². The fourth-order valence-electron chi connectivity index (χ4n) is 2.95. The van der Waals surface area contributed by atoms with E-state index in [9.17, 15) is 5.11 Å². The lowest BCUT2D eigenvalue weighted by Gasteiger charge is -2.24. The number of oxime groups is 1. The number of halogens is 1. The van der Waals surface area contributed by atoms with E-state index >= 15 is 0 Å². The third-order valence-corrected chi connectivity index (χ3v) is 4.56. The molecule has 4 nitrogen and oxygen atoms in total. The summed E-state index contributed by atoms with van der Waals surface area (Å²) in [6, 6.07) is 8.39. The zero-order valence-corrected chi connectivity index (χ0v) is 15.4. The van der Waals surface area contributed by atoms with E-state index in [4.69, 9.17) is 16.4 Å². The normalized spacial score (nSPS) is 21.2. The van der Waals surface area contributed by atoms with Crippen LogP contribution in [0.2, 0.25) is 5.02 Å².